The number of nitrogens with zero attached hydrogens (tertiary/aromatic N) is 2. The standard InChI is InChI=1S/C13H13BrN2O3/c1-16-8-15-5-10(16)7-19-13-11(14)3-9(6-17)4-12(13)18-2/h3-6,8H,7H2,1-2H3. The predicted octanol–water partition coefficient (Wildman–Crippen LogP) is 2.58. The van der Waals surface area contributed by atoms with Crippen LogP contribution in [0.15, 0.2) is 29.1 Å². The Bertz CT molecular complexity index is 596. The molecule has 0 bridgehead atoms. The molecule has 1 heterocycles. The Balaban J connectivity index is 2.24. The minimum atomic E-state index is 0.367. The number of halogens is 1. The Morgan fingerprint density at radius 1 is 1.47 bits per heavy atom. The number of imidazole rings is 1. The highest BCUT2D eigenvalue weighted by Crippen LogP contribution is 2.36. The number of rotatable bonds is 5. The summed E-state index contributed by atoms with van der Waals surface area (Å²) in [5, 5.41) is 0. The Morgan fingerprint density at radius 2 is 2.26 bits per heavy atom. The topological polar surface area (TPSA) is 53.4 Å². The second-order valence-corrected chi connectivity index (χ2v) is 4.79. The van der Waals surface area contributed by atoms with Gasteiger partial charge in [0.2, 0.25) is 0 Å². The van der Waals surface area contributed by atoms with Crippen molar-refractivity contribution in [3.63, 3.8) is 0 Å². The fourth-order valence-electron chi connectivity index (χ4n) is 1.62. The largest absolute Gasteiger partial charge is 0.493 e. The third-order valence-corrected chi connectivity index (χ3v) is 3.26. The van der Waals surface area contributed by atoms with E-state index < -0.39 is 0 Å². The number of ether oxygens (including phenoxy) is 2. The first-order chi connectivity index (χ1) is 9.15. The zero-order chi connectivity index (χ0) is 13.8. The highest BCUT2D eigenvalue weighted by Gasteiger charge is 2.12. The molecule has 0 fully saturated rings. The van der Waals surface area contributed by atoms with Crippen LogP contribution in [0.4, 0.5) is 0 Å². The molecule has 1 aromatic heterocycles. The first-order valence-electron chi connectivity index (χ1n) is 5.56. The summed E-state index contributed by atoms with van der Waals surface area (Å²) >= 11 is 3.38. The summed E-state index contributed by atoms with van der Waals surface area (Å²) in [6, 6.07) is 3.32. The lowest BCUT2D eigenvalue weighted by Crippen LogP contribution is -2.03. The maximum atomic E-state index is 10.8. The van der Waals surface area contributed by atoms with Crippen LogP contribution in [-0.2, 0) is 13.7 Å². The number of benzene rings is 1. The third kappa shape index (κ3) is 2.96. The van der Waals surface area contributed by atoms with Crippen LogP contribution in [0.25, 0.3) is 0 Å². The van der Waals surface area contributed by atoms with E-state index >= 15 is 0 Å². The molecule has 2 rings (SSSR count). The maximum absolute atomic E-state index is 10.8. The van der Waals surface area contributed by atoms with Crippen LogP contribution in [0.3, 0.4) is 0 Å². The second-order valence-electron chi connectivity index (χ2n) is 3.94. The second kappa shape index (κ2) is 5.88. The molecule has 0 radical (unpaired) electrons. The van der Waals surface area contributed by atoms with Crippen molar-refractivity contribution in [2.75, 3.05) is 7.11 Å². The number of carbonyl (C=O) groups excluding carboxylic acids is 1. The average molecular weight is 325 g/mol. The van der Waals surface area contributed by atoms with Gasteiger partial charge in [0.1, 0.15) is 12.9 Å². The van der Waals surface area contributed by atoms with Gasteiger partial charge >= 0.3 is 0 Å². The number of methoxy groups -OCH3 is 1. The zero-order valence-corrected chi connectivity index (χ0v) is 12.2. The lowest BCUT2D eigenvalue weighted by Gasteiger charge is -2.13. The summed E-state index contributed by atoms with van der Waals surface area (Å²) in [4.78, 5) is 14.8. The quantitative estimate of drug-likeness (QED) is 0.793. The van der Waals surface area contributed by atoms with Crippen LogP contribution in [-0.4, -0.2) is 22.9 Å². The van der Waals surface area contributed by atoms with Crippen LogP contribution in [0, 0.1) is 0 Å². The zero-order valence-electron chi connectivity index (χ0n) is 10.6. The van der Waals surface area contributed by atoms with Crippen molar-refractivity contribution in [1.82, 2.24) is 9.55 Å². The van der Waals surface area contributed by atoms with Gasteiger partial charge in [0, 0.05) is 12.6 Å². The van der Waals surface area contributed by atoms with E-state index in [4.69, 9.17) is 9.47 Å². The molecule has 0 aliphatic rings. The molecule has 2 aromatic rings. The third-order valence-electron chi connectivity index (χ3n) is 2.67. The van der Waals surface area contributed by atoms with Gasteiger partial charge in [0.05, 0.1) is 29.8 Å². The van der Waals surface area contributed by atoms with Crippen LogP contribution in [0.5, 0.6) is 11.5 Å². The lowest BCUT2D eigenvalue weighted by atomic mass is 10.2. The summed E-state index contributed by atoms with van der Waals surface area (Å²) < 4.78 is 13.5. The van der Waals surface area contributed by atoms with Gasteiger partial charge in [-0.3, -0.25) is 4.79 Å². The molecule has 0 unspecified atom stereocenters. The van der Waals surface area contributed by atoms with Gasteiger partial charge in [-0.2, -0.15) is 0 Å². The highest BCUT2D eigenvalue weighted by molar-refractivity contribution is 9.10. The molecule has 100 valence electrons. The van der Waals surface area contributed by atoms with Gasteiger partial charge in [0.15, 0.2) is 11.5 Å². The van der Waals surface area contributed by atoms with Crippen LogP contribution in [0.1, 0.15) is 16.1 Å². The summed E-state index contributed by atoms with van der Waals surface area (Å²) in [6.45, 7) is 0.367. The number of carbonyl (C=O) groups is 1. The molecule has 0 saturated heterocycles. The van der Waals surface area contributed by atoms with E-state index in [0.717, 1.165) is 12.0 Å². The van der Waals surface area contributed by atoms with Crippen molar-refractivity contribution < 1.29 is 14.3 Å². The van der Waals surface area contributed by atoms with Crippen molar-refractivity contribution in [2.24, 2.45) is 7.05 Å². The first kappa shape index (κ1) is 13.6. The molecule has 0 spiro atoms. The van der Waals surface area contributed by atoms with E-state index in [2.05, 4.69) is 20.9 Å². The minimum Gasteiger partial charge on any atom is -0.493 e. The molecule has 19 heavy (non-hydrogen) atoms. The smallest absolute Gasteiger partial charge is 0.175 e. The molecule has 0 amide bonds. The van der Waals surface area contributed by atoms with Crippen LogP contribution in [0.2, 0.25) is 0 Å². The Kier molecular flexibility index (Phi) is 4.21. The van der Waals surface area contributed by atoms with Crippen molar-refractivity contribution >= 4 is 22.2 Å². The van der Waals surface area contributed by atoms with E-state index in [1.165, 1.54) is 7.11 Å². The molecular weight excluding hydrogens is 312 g/mol. The van der Waals surface area contributed by atoms with Gasteiger partial charge < -0.3 is 14.0 Å². The molecule has 5 nitrogen and oxygen atoms in total. The Labute approximate surface area is 119 Å². The molecule has 1 aromatic carbocycles. The Hall–Kier alpha value is -1.82. The lowest BCUT2D eigenvalue weighted by molar-refractivity contribution is 0.112. The van der Waals surface area contributed by atoms with Crippen LogP contribution >= 0.6 is 15.9 Å². The van der Waals surface area contributed by atoms with Crippen molar-refractivity contribution in [3.05, 3.63) is 40.4 Å². The van der Waals surface area contributed by atoms with Gasteiger partial charge in [0.25, 0.3) is 0 Å². The molecular formula is C13H13BrN2O3. The fourth-order valence-corrected chi connectivity index (χ4v) is 2.19. The monoisotopic (exact) mass is 324 g/mol. The molecule has 0 atom stereocenters. The maximum Gasteiger partial charge on any atom is 0.175 e. The van der Waals surface area contributed by atoms with Crippen molar-refractivity contribution in [3.8, 4) is 11.5 Å². The number of hydrogen-bond acceptors (Lipinski definition) is 4. The summed E-state index contributed by atoms with van der Waals surface area (Å²) in [5.41, 5.74) is 1.46. The van der Waals surface area contributed by atoms with Gasteiger partial charge in [-0.15, -0.1) is 0 Å². The van der Waals surface area contributed by atoms with Crippen LogP contribution < -0.4 is 9.47 Å². The number of aryl methyl sites for hydroxylation is 1. The minimum absolute atomic E-state index is 0.367. The predicted molar refractivity (Wildman–Crippen MR) is 73.6 cm³/mol. The van der Waals surface area contributed by atoms with E-state index in [9.17, 15) is 4.79 Å². The van der Waals surface area contributed by atoms with E-state index in [0.29, 0.717) is 28.1 Å². The van der Waals surface area contributed by atoms with Crippen molar-refractivity contribution in [1.29, 1.82) is 0 Å². The molecule has 0 aliphatic heterocycles. The van der Waals surface area contributed by atoms with Gasteiger partial charge in [-0.05, 0) is 28.1 Å². The number of aldehydes is 1. The number of hydrogen-bond donors (Lipinski definition) is 0. The normalized spacial score (nSPS) is 10.3. The van der Waals surface area contributed by atoms with Gasteiger partial charge in [-0.25, -0.2) is 4.98 Å². The SMILES string of the molecule is COc1cc(C=O)cc(Br)c1OCc1cncn1C. The molecule has 0 aliphatic carbocycles. The summed E-state index contributed by atoms with van der Waals surface area (Å²) in [6.07, 6.45) is 4.21. The van der Waals surface area contributed by atoms with Gasteiger partial charge in [-0.1, -0.05) is 0 Å². The first-order valence-corrected chi connectivity index (χ1v) is 6.35. The van der Waals surface area contributed by atoms with E-state index in [-0.39, 0.29) is 0 Å². The Morgan fingerprint density at radius 3 is 2.84 bits per heavy atom. The summed E-state index contributed by atoms with van der Waals surface area (Å²) in [7, 11) is 3.43. The molecule has 0 saturated carbocycles. The van der Waals surface area contributed by atoms with E-state index in [1.807, 2.05) is 11.6 Å². The average Bonchev–Trinajstić information content (AvgIpc) is 2.82. The highest BCUT2D eigenvalue weighted by atomic mass is 79.9. The summed E-state index contributed by atoms with van der Waals surface area (Å²) in [5.74, 6) is 1.08. The number of aromatic nitrogens is 2. The van der Waals surface area contributed by atoms with E-state index in [1.54, 1.807) is 24.7 Å². The fraction of sp³-hybridized carbons (Fsp3) is 0.231. The van der Waals surface area contributed by atoms with Crippen molar-refractivity contribution in [2.45, 2.75) is 6.61 Å². The molecule has 0 N–H and O–H groups in total. The molecule has 6 heteroatoms.